The van der Waals surface area contributed by atoms with Gasteiger partial charge >= 0.3 is 0 Å². The summed E-state index contributed by atoms with van der Waals surface area (Å²) >= 11 is 0. The number of nitrogens with zero attached hydrogens (tertiary/aromatic N) is 1. The SMILES string of the molecule is NC=CCC1(c2ccccc2)C(=O)NCN2CCCCC21. The standard InChI is InChI=1S/C17H23N3O/c18-11-6-10-17(14-7-2-1-3-8-14)15-9-4-5-12-20(15)13-19-16(17)21/h1-3,6-8,11,15H,4-5,9-10,12-13,18H2,(H,19,21). The summed E-state index contributed by atoms with van der Waals surface area (Å²) in [5, 5.41) is 3.09. The molecule has 2 heterocycles. The van der Waals surface area contributed by atoms with Gasteiger partial charge in [0.2, 0.25) is 5.91 Å². The van der Waals surface area contributed by atoms with Crippen molar-refractivity contribution >= 4 is 5.91 Å². The highest BCUT2D eigenvalue weighted by atomic mass is 16.2. The molecule has 3 rings (SSSR count). The number of carbonyl (C=O) groups is 1. The van der Waals surface area contributed by atoms with Crippen LogP contribution in [-0.4, -0.2) is 30.1 Å². The molecule has 2 fully saturated rings. The van der Waals surface area contributed by atoms with Crippen molar-refractivity contribution in [2.24, 2.45) is 5.73 Å². The van der Waals surface area contributed by atoms with Crippen LogP contribution in [0.5, 0.6) is 0 Å². The lowest BCUT2D eigenvalue weighted by Gasteiger charge is -2.51. The van der Waals surface area contributed by atoms with Crippen molar-refractivity contribution in [3.63, 3.8) is 0 Å². The molecule has 2 aliphatic rings. The lowest BCUT2D eigenvalue weighted by Crippen LogP contribution is -2.66. The van der Waals surface area contributed by atoms with Crippen LogP contribution >= 0.6 is 0 Å². The van der Waals surface area contributed by atoms with Gasteiger partial charge in [0.05, 0.1) is 12.1 Å². The molecule has 2 atom stereocenters. The van der Waals surface area contributed by atoms with Crippen molar-refractivity contribution < 1.29 is 4.79 Å². The van der Waals surface area contributed by atoms with Gasteiger partial charge < -0.3 is 11.1 Å². The van der Waals surface area contributed by atoms with Gasteiger partial charge in [-0.15, -0.1) is 0 Å². The zero-order valence-electron chi connectivity index (χ0n) is 12.3. The second-order valence-electron chi connectivity index (χ2n) is 5.96. The average Bonchev–Trinajstić information content (AvgIpc) is 2.55. The Kier molecular flexibility index (Phi) is 3.97. The summed E-state index contributed by atoms with van der Waals surface area (Å²) in [4.78, 5) is 15.3. The van der Waals surface area contributed by atoms with Crippen molar-refractivity contribution in [1.82, 2.24) is 10.2 Å². The van der Waals surface area contributed by atoms with Crippen LogP contribution in [0.1, 0.15) is 31.2 Å². The van der Waals surface area contributed by atoms with Crippen LogP contribution in [0.15, 0.2) is 42.6 Å². The van der Waals surface area contributed by atoms with Gasteiger partial charge in [-0.05, 0) is 31.0 Å². The molecule has 4 heteroatoms. The van der Waals surface area contributed by atoms with E-state index in [2.05, 4.69) is 22.3 Å². The monoisotopic (exact) mass is 285 g/mol. The Morgan fingerprint density at radius 1 is 1.33 bits per heavy atom. The van der Waals surface area contributed by atoms with Gasteiger partial charge in [0, 0.05) is 12.6 Å². The normalized spacial score (nSPS) is 30.1. The van der Waals surface area contributed by atoms with Gasteiger partial charge in [0.1, 0.15) is 0 Å². The fourth-order valence-electron chi connectivity index (χ4n) is 3.88. The fourth-order valence-corrected chi connectivity index (χ4v) is 3.88. The average molecular weight is 285 g/mol. The predicted molar refractivity (Wildman–Crippen MR) is 83.4 cm³/mol. The Bertz CT molecular complexity index is 528. The molecule has 0 bridgehead atoms. The largest absolute Gasteiger partial charge is 0.405 e. The summed E-state index contributed by atoms with van der Waals surface area (Å²) < 4.78 is 0. The Balaban J connectivity index is 2.08. The number of rotatable bonds is 3. The zero-order valence-corrected chi connectivity index (χ0v) is 12.3. The molecule has 0 spiro atoms. The lowest BCUT2D eigenvalue weighted by molar-refractivity contribution is -0.136. The van der Waals surface area contributed by atoms with Gasteiger partial charge in [-0.2, -0.15) is 0 Å². The van der Waals surface area contributed by atoms with Crippen molar-refractivity contribution in [2.45, 2.75) is 37.1 Å². The number of piperidine rings is 1. The highest BCUT2D eigenvalue weighted by molar-refractivity contribution is 5.90. The summed E-state index contributed by atoms with van der Waals surface area (Å²) in [5.41, 5.74) is 6.15. The van der Waals surface area contributed by atoms with Gasteiger partial charge in [-0.1, -0.05) is 42.8 Å². The lowest BCUT2D eigenvalue weighted by atomic mass is 9.67. The van der Waals surface area contributed by atoms with Gasteiger partial charge in [0.15, 0.2) is 0 Å². The molecule has 2 unspecified atom stereocenters. The summed E-state index contributed by atoms with van der Waals surface area (Å²) in [6.45, 7) is 1.73. The first-order chi connectivity index (χ1) is 10.3. The third kappa shape index (κ3) is 2.33. The first kappa shape index (κ1) is 14.1. The van der Waals surface area contributed by atoms with E-state index in [0.29, 0.717) is 13.1 Å². The Morgan fingerprint density at radius 2 is 2.14 bits per heavy atom. The van der Waals surface area contributed by atoms with Crippen LogP contribution in [0.25, 0.3) is 0 Å². The van der Waals surface area contributed by atoms with Crippen molar-refractivity contribution in [1.29, 1.82) is 0 Å². The molecular weight excluding hydrogens is 262 g/mol. The quantitative estimate of drug-likeness (QED) is 0.889. The summed E-state index contributed by atoms with van der Waals surface area (Å²) in [7, 11) is 0. The molecule has 2 aliphatic heterocycles. The third-order valence-electron chi connectivity index (χ3n) is 4.90. The first-order valence-electron chi connectivity index (χ1n) is 7.73. The number of carbonyl (C=O) groups excluding carboxylic acids is 1. The maximum atomic E-state index is 12.9. The summed E-state index contributed by atoms with van der Waals surface area (Å²) in [6, 6.07) is 10.4. The number of fused-ring (bicyclic) bond motifs is 1. The smallest absolute Gasteiger partial charge is 0.233 e. The van der Waals surface area contributed by atoms with Crippen molar-refractivity contribution in [3.8, 4) is 0 Å². The topological polar surface area (TPSA) is 58.4 Å². The van der Waals surface area contributed by atoms with E-state index in [4.69, 9.17) is 5.73 Å². The minimum atomic E-state index is -0.518. The molecule has 2 saturated heterocycles. The molecule has 4 nitrogen and oxygen atoms in total. The maximum Gasteiger partial charge on any atom is 0.233 e. The van der Waals surface area contributed by atoms with E-state index in [1.54, 1.807) is 6.20 Å². The molecule has 0 saturated carbocycles. The predicted octanol–water partition coefficient (Wildman–Crippen LogP) is 1.73. The van der Waals surface area contributed by atoms with E-state index >= 15 is 0 Å². The minimum Gasteiger partial charge on any atom is -0.405 e. The van der Waals surface area contributed by atoms with E-state index < -0.39 is 5.41 Å². The Labute approximate surface area is 126 Å². The molecule has 1 amide bonds. The number of allylic oxidation sites excluding steroid dienone is 1. The van der Waals surface area contributed by atoms with Crippen molar-refractivity contribution in [2.75, 3.05) is 13.2 Å². The van der Waals surface area contributed by atoms with Gasteiger partial charge in [-0.3, -0.25) is 9.69 Å². The van der Waals surface area contributed by atoms with E-state index in [0.717, 1.165) is 18.5 Å². The molecule has 0 aromatic heterocycles. The highest BCUT2D eigenvalue weighted by Crippen LogP contribution is 2.41. The Hall–Kier alpha value is -1.81. The number of hydrogen-bond donors (Lipinski definition) is 2. The number of benzene rings is 1. The summed E-state index contributed by atoms with van der Waals surface area (Å²) in [6.07, 6.45) is 7.60. The number of hydrogen-bond acceptors (Lipinski definition) is 3. The zero-order chi connectivity index (χ0) is 14.7. The molecular formula is C17H23N3O. The van der Waals surface area contributed by atoms with Crippen LogP contribution < -0.4 is 11.1 Å². The maximum absolute atomic E-state index is 12.9. The second-order valence-corrected chi connectivity index (χ2v) is 5.96. The number of amides is 1. The molecule has 1 aromatic rings. The number of nitrogens with two attached hydrogens (primary N) is 1. The van der Waals surface area contributed by atoms with Gasteiger partial charge in [-0.25, -0.2) is 0 Å². The summed E-state index contributed by atoms with van der Waals surface area (Å²) in [5.74, 6) is 0.134. The van der Waals surface area contributed by atoms with E-state index in [-0.39, 0.29) is 11.9 Å². The number of nitrogens with one attached hydrogen (secondary N) is 1. The fraction of sp³-hybridized carbons (Fsp3) is 0.471. The van der Waals surface area contributed by atoms with Crippen LogP contribution in [0.2, 0.25) is 0 Å². The second kappa shape index (κ2) is 5.90. The molecule has 112 valence electrons. The highest BCUT2D eigenvalue weighted by Gasteiger charge is 2.51. The third-order valence-corrected chi connectivity index (χ3v) is 4.90. The van der Waals surface area contributed by atoms with Crippen LogP contribution in [0.4, 0.5) is 0 Å². The van der Waals surface area contributed by atoms with Gasteiger partial charge in [0.25, 0.3) is 0 Å². The van der Waals surface area contributed by atoms with E-state index in [1.807, 2.05) is 24.3 Å². The van der Waals surface area contributed by atoms with E-state index in [9.17, 15) is 4.79 Å². The van der Waals surface area contributed by atoms with Crippen LogP contribution in [-0.2, 0) is 10.2 Å². The Morgan fingerprint density at radius 3 is 2.90 bits per heavy atom. The molecule has 3 N–H and O–H groups in total. The minimum absolute atomic E-state index is 0.134. The van der Waals surface area contributed by atoms with Crippen LogP contribution in [0, 0.1) is 0 Å². The van der Waals surface area contributed by atoms with E-state index in [1.165, 1.54) is 12.8 Å². The van der Waals surface area contributed by atoms with Crippen LogP contribution in [0.3, 0.4) is 0 Å². The molecule has 21 heavy (non-hydrogen) atoms. The molecule has 1 aromatic carbocycles. The molecule has 0 aliphatic carbocycles. The van der Waals surface area contributed by atoms with Crippen molar-refractivity contribution in [3.05, 3.63) is 48.2 Å². The molecule has 0 radical (unpaired) electrons. The first-order valence-corrected chi connectivity index (χ1v) is 7.73.